The first-order chi connectivity index (χ1) is 18.0. The number of carbonyl (C=O) groups excluding carboxylic acids is 1. The number of fused-ring (bicyclic) bond motifs is 3. The van der Waals surface area contributed by atoms with Crippen LogP contribution in [0.5, 0.6) is 23.0 Å². The maximum atomic E-state index is 13.3. The fourth-order valence-corrected chi connectivity index (χ4v) is 7.62. The van der Waals surface area contributed by atoms with Crippen molar-refractivity contribution in [1.29, 1.82) is 0 Å². The van der Waals surface area contributed by atoms with Crippen LogP contribution < -0.4 is 16.5 Å². The van der Waals surface area contributed by atoms with Gasteiger partial charge in [0.2, 0.25) is 0 Å². The van der Waals surface area contributed by atoms with Crippen LogP contribution in [-0.4, -0.2) is 46.5 Å². The topological polar surface area (TPSA) is 89.0 Å². The predicted octanol–water partition coefficient (Wildman–Crippen LogP) is 5.53. The Kier molecular flexibility index (Phi) is 6.37. The van der Waals surface area contributed by atoms with E-state index in [1.807, 2.05) is 62.4 Å². The van der Waals surface area contributed by atoms with Crippen molar-refractivity contribution in [3.8, 4) is 23.0 Å². The Morgan fingerprint density at radius 1 is 0.838 bits per heavy atom. The first-order valence-electron chi connectivity index (χ1n) is 11.7. The molecule has 0 aliphatic carbocycles. The number of para-hydroxylation sites is 2. The number of aryl methyl sites for hydroxylation is 2. The number of nitrogens with zero attached hydrogens (tertiary/aromatic N) is 2. The SMILES string of the molecule is Cc1ccc2cccc([O][Ga]([O]C(=O)c3scc4c3OCCO4)[O]c3cccc4ccc(C)nc34)c2n1. The zero-order chi connectivity index (χ0) is 25.4. The molecule has 0 bridgehead atoms. The molecule has 0 saturated heterocycles. The molecule has 37 heavy (non-hydrogen) atoms. The van der Waals surface area contributed by atoms with Gasteiger partial charge in [0.25, 0.3) is 0 Å². The second-order valence-corrected chi connectivity index (χ2v) is 12.0. The first-order valence-corrected chi connectivity index (χ1v) is 15.5. The average molecular weight is 571 g/mol. The number of thiophene rings is 1. The summed E-state index contributed by atoms with van der Waals surface area (Å²) in [6.07, 6.45) is 0. The van der Waals surface area contributed by atoms with Gasteiger partial charge in [0.05, 0.1) is 0 Å². The number of pyridine rings is 2. The van der Waals surface area contributed by atoms with Gasteiger partial charge in [-0.2, -0.15) is 0 Å². The molecule has 0 atom stereocenters. The summed E-state index contributed by atoms with van der Waals surface area (Å²) in [6, 6.07) is 19.1. The minimum atomic E-state index is -3.81. The molecule has 1 aliphatic rings. The van der Waals surface area contributed by atoms with Crippen LogP contribution in [0.1, 0.15) is 21.1 Å². The Balaban J connectivity index is 1.37. The molecule has 0 amide bonds. The van der Waals surface area contributed by atoms with Gasteiger partial charge in [-0.3, -0.25) is 0 Å². The van der Waals surface area contributed by atoms with Crippen LogP contribution in [0.15, 0.2) is 66.0 Å². The Hall–Kier alpha value is -3.73. The van der Waals surface area contributed by atoms with E-state index in [0.717, 1.165) is 22.2 Å². The Labute approximate surface area is 223 Å². The molecule has 1 aliphatic heterocycles. The van der Waals surface area contributed by atoms with Gasteiger partial charge >= 0.3 is 224 Å². The van der Waals surface area contributed by atoms with Crippen molar-refractivity contribution < 1.29 is 24.9 Å². The third-order valence-electron chi connectivity index (χ3n) is 5.78. The quantitative estimate of drug-likeness (QED) is 0.246. The maximum absolute atomic E-state index is 13.3. The van der Waals surface area contributed by atoms with Crippen LogP contribution in [0.2, 0.25) is 0 Å². The fraction of sp³-hybridized carbons (Fsp3) is 0.148. The molecule has 8 nitrogen and oxygen atoms in total. The van der Waals surface area contributed by atoms with Gasteiger partial charge in [-0.1, -0.05) is 0 Å². The summed E-state index contributed by atoms with van der Waals surface area (Å²) in [5, 5.41) is 3.57. The number of hydrogen-bond donors (Lipinski definition) is 0. The molecule has 184 valence electrons. The molecule has 5 aromatic rings. The first kappa shape index (κ1) is 23.7. The van der Waals surface area contributed by atoms with Crippen LogP contribution in [0.25, 0.3) is 21.8 Å². The number of aromatic nitrogens is 2. The van der Waals surface area contributed by atoms with E-state index in [9.17, 15) is 4.79 Å². The van der Waals surface area contributed by atoms with Gasteiger partial charge in [0, 0.05) is 0 Å². The Morgan fingerprint density at radius 3 is 2.05 bits per heavy atom. The van der Waals surface area contributed by atoms with Crippen molar-refractivity contribution in [3.63, 3.8) is 0 Å². The third kappa shape index (κ3) is 4.83. The second-order valence-electron chi connectivity index (χ2n) is 8.45. The molecule has 0 fully saturated rings. The van der Waals surface area contributed by atoms with Crippen molar-refractivity contribution in [2.45, 2.75) is 13.8 Å². The van der Waals surface area contributed by atoms with E-state index in [1.54, 1.807) is 17.5 Å². The molecule has 6 rings (SSSR count). The van der Waals surface area contributed by atoms with Crippen molar-refractivity contribution in [3.05, 3.63) is 82.3 Å². The summed E-state index contributed by atoms with van der Waals surface area (Å²) < 4.78 is 29.9. The Bertz CT molecular complexity index is 1550. The van der Waals surface area contributed by atoms with Gasteiger partial charge in [0.1, 0.15) is 0 Å². The van der Waals surface area contributed by atoms with Crippen LogP contribution in [0, 0.1) is 13.8 Å². The molecule has 0 spiro atoms. The van der Waals surface area contributed by atoms with Gasteiger partial charge in [-0.25, -0.2) is 0 Å². The molecule has 4 heterocycles. The molecular weight excluding hydrogens is 550 g/mol. The Morgan fingerprint density at radius 2 is 1.43 bits per heavy atom. The van der Waals surface area contributed by atoms with Gasteiger partial charge in [0.15, 0.2) is 0 Å². The number of rotatable bonds is 6. The summed E-state index contributed by atoms with van der Waals surface area (Å²) in [4.78, 5) is 22.9. The van der Waals surface area contributed by atoms with E-state index in [4.69, 9.17) is 20.1 Å². The predicted molar refractivity (Wildman–Crippen MR) is 141 cm³/mol. The van der Waals surface area contributed by atoms with E-state index in [-0.39, 0.29) is 0 Å². The summed E-state index contributed by atoms with van der Waals surface area (Å²) >= 11 is -2.60. The molecule has 0 radical (unpaired) electrons. The number of hydrogen-bond acceptors (Lipinski definition) is 9. The summed E-state index contributed by atoms with van der Waals surface area (Å²) in [6.45, 7) is 4.63. The average Bonchev–Trinajstić information content (AvgIpc) is 3.34. The van der Waals surface area contributed by atoms with E-state index < -0.39 is 23.3 Å². The molecular formula is C27H21GaN2O6S. The number of benzene rings is 2. The van der Waals surface area contributed by atoms with Crippen molar-refractivity contribution in [2.75, 3.05) is 13.2 Å². The summed E-state index contributed by atoms with van der Waals surface area (Å²) in [5.74, 6) is 1.35. The zero-order valence-electron chi connectivity index (χ0n) is 20.1. The fourth-order valence-electron chi connectivity index (χ4n) is 4.05. The molecule has 10 heteroatoms. The minimum absolute atomic E-state index is 0.316. The normalized spacial score (nSPS) is 12.4. The number of ether oxygens (including phenoxy) is 2. The van der Waals surface area contributed by atoms with Crippen molar-refractivity contribution in [1.82, 2.24) is 9.97 Å². The van der Waals surface area contributed by atoms with Crippen molar-refractivity contribution >= 4 is 56.4 Å². The van der Waals surface area contributed by atoms with Crippen molar-refractivity contribution in [2.24, 2.45) is 0 Å². The zero-order valence-corrected chi connectivity index (χ0v) is 23.3. The second kappa shape index (κ2) is 9.96. The monoisotopic (exact) mass is 570 g/mol. The standard InChI is InChI=1S/2C10H9NO.C7H6O4S.Ga/c2*1-7-5-6-8-3-2-4-9(12)10(8)11-7;8-7(9)6-5-4(3-12-6)10-1-2-11-5;/h2*2-6,12H,1H3;3H,1-2H2,(H,8,9);/q;;;+3/p-3. The molecule has 0 unspecified atom stereocenters. The molecule has 3 aromatic heterocycles. The van der Waals surface area contributed by atoms with E-state index >= 15 is 0 Å². The molecule has 0 N–H and O–H groups in total. The van der Waals surface area contributed by atoms with Gasteiger partial charge in [-0.05, 0) is 0 Å². The number of carbonyl (C=O) groups is 1. The third-order valence-corrected chi connectivity index (χ3v) is 9.43. The molecule has 0 saturated carbocycles. The van der Waals surface area contributed by atoms with Crippen LogP contribution in [0.3, 0.4) is 0 Å². The van der Waals surface area contributed by atoms with Crippen LogP contribution in [-0.2, 0) is 3.53 Å². The summed E-state index contributed by atoms with van der Waals surface area (Å²) in [5.41, 5.74) is 3.05. The molecule has 2 aromatic carbocycles. The van der Waals surface area contributed by atoms with E-state index in [0.29, 0.717) is 52.1 Å². The van der Waals surface area contributed by atoms with E-state index in [1.165, 1.54) is 11.3 Å². The van der Waals surface area contributed by atoms with E-state index in [2.05, 4.69) is 9.97 Å². The van der Waals surface area contributed by atoms with Crippen LogP contribution >= 0.6 is 11.3 Å². The van der Waals surface area contributed by atoms with Gasteiger partial charge < -0.3 is 0 Å². The van der Waals surface area contributed by atoms with Crippen LogP contribution in [0.4, 0.5) is 0 Å². The summed E-state index contributed by atoms with van der Waals surface area (Å²) in [7, 11) is 0. The van der Waals surface area contributed by atoms with Gasteiger partial charge in [-0.15, -0.1) is 0 Å².